The van der Waals surface area contributed by atoms with Crippen LogP contribution in [0.3, 0.4) is 0 Å². The Labute approximate surface area is 153 Å². The number of nitrogens with two attached hydrogens (primary N) is 1. The summed E-state index contributed by atoms with van der Waals surface area (Å²) >= 11 is 0. The molecule has 3 amide bonds. The molecule has 3 rings (SSSR count). The highest BCUT2D eigenvalue weighted by Crippen LogP contribution is 2.16. The quantitative estimate of drug-likeness (QED) is 0.895. The van der Waals surface area contributed by atoms with E-state index >= 15 is 0 Å². The number of carbonyl (C=O) groups excluding carboxylic acids is 2. The number of benzene rings is 2. The molecule has 0 bridgehead atoms. The Morgan fingerprint density at radius 3 is 2.15 bits per heavy atom. The van der Waals surface area contributed by atoms with Crippen LogP contribution in [-0.4, -0.2) is 47.9 Å². The average molecular weight is 352 g/mol. The van der Waals surface area contributed by atoms with E-state index in [0.717, 1.165) is 16.9 Å². The fourth-order valence-corrected chi connectivity index (χ4v) is 2.78. The molecule has 0 saturated carbocycles. The molecule has 1 aliphatic heterocycles. The minimum absolute atomic E-state index is 0.0629. The smallest absolute Gasteiger partial charge is 0.314 e. The molecule has 26 heavy (non-hydrogen) atoms. The molecule has 0 atom stereocenters. The number of rotatable bonds is 5. The van der Waals surface area contributed by atoms with Gasteiger partial charge < -0.3 is 20.3 Å². The van der Waals surface area contributed by atoms with Crippen LogP contribution in [0.1, 0.15) is 11.1 Å². The fourth-order valence-electron chi connectivity index (χ4n) is 2.78. The SMILES string of the molecule is NC(=O)N1CCN(C(=O)[CH]c2ccc(OCc3ccccc3)cc2)CC1. The minimum atomic E-state index is -0.438. The predicted octanol–water partition coefficient (Wildman–Crippen LogP) is 2.04. The van der Waals surface area contributed by atoms with E-state index in [2.05, 4.69) is 0 Å². The van der Waals surface area contributed by atoms with Crippen molar-refractivity contribution in [1.82, 2.24) is 9.80 Å². The van der Waals surface area contributed by atoms with Gasteiger partial charge in [0.25, 0.3) is 0 Å². The summed E-state index contributed by atoms with van der Waals surface area (Å²) in [5.74, 6) is 0.695. The van der Waals surface area contributed by atoms with E-state index in [-0.39, 0.29) is 5.91 Å². The third-order valence-corrected chi connectivity index (χ3v) is 4.32. The molecular weight excluding hydrogens is 330 g/mol. The van der Waals surface area contributed by atoms with E-state index in [4.69, 9.17) is 10.5 Å². The van der Waals surface area contributed by atoms with Gasteiger partial charge in [-0.05, 0) is 23.3 Å². The highest BCUT2D eigenvalue weighted by atomic mass is 16.5. The third-order valence-electron chi connectivity index (χ3n) is 4.32. The number of carbonyl (C=O) groups is 2. The lowest BCUT2D eigenvalue weighted by Crippen LogP contribution is -2.52. The monoisotopic (exact) mass is 352 g/mol. The van der Waals surface area contributed by atoms with Gasteiger partial charge in [0, 0.05) is 26.2 Å². The fraction of sp³-hybridized carbons (Fsp3) is 0.250. The Morgan fingerprint density at radius 1 is 0.923 bits per heavy atom. The zero-order valence-corrected chi connectivity index (χ0v) is 14.5. The number of hydrogen-bond acceptors (Lipinski definition) is 3. The first kappa shape index (κ1) is 17.8. The molecule has 1 aliphatic rings. The van der Waals surface area contributed by atoms with Gasteiger partial charge in [0.15, 0.2) is 0 Å². The summed E-state index contributed by atoms with van der Waals surface area (Å²) in [5.41, 5.74) is 7.18. The van der Waals surface area contributed by atoms with Crippen LogP contribution in [0.25, 0.3) is 0 Å². The second-order valence-electron chi connectivity index (χ2n) is 6.14. The van der Waals surface area contributed by atoms with Crippen molar-refractivity contribution >= 4 is 11.9 Å². The Morgan fingerprint density at radius 2 is 1.54 bits per heavy atom. The zero-order valence-electron chi connectivity index (χ0n) is 14.5. The first-order valence-electron chi connectivity index (χ1n) is 8.56. The number of hydrogen-bond donors (Lipinski definition) is 1. The van der Waals surface area contributed by atoms with E-state index in [1.54, 1.807) is 16.2 Å². The number of ether oxygens (including phenoxy) is 1. The summed E-state index contributed by atoms with van der Waals surface area (Å²) < 4.78 is 5.74. The maximum absolute atomic E-state index is 12.3. The van der Waals surface area contributed by atoms with Crippen molar-refractivity contribution in [1.29, 1.82) is 0 Å². The van der Waals surface area contributed by atoms with Gasteiger partial charge in [-0.15, -0.1) is 0 Å². The molecule has 0 aromatic heterocycles. The van der Waals surface area contributed by atoms with Crippen molar-refractivity contribution in [3.05, 3.63) is 72.1 Å². The Balaban J connectivity index is 1.48. The number of urea groups is 1. The maximum atomic E-state index is 12.3. The van der Waals surface area contributed by atoms with E-state index < -0.39 is 6.03 Å². The van der Waals surface area contributed by atoms with E-state index in [1.807, 2.05) is 54.6 Å². The highest BCUT2D eigenvalue weighted by Gasteiger charge is 2.22. The largest absolute Gasteiger partial charge is 0.489 e. The summed E-state index contributed by atoms with van der Waals surface area (Å²) in [6.45, 7) is 2.45. The molecule has 6 nitrogen and oxygen atoms in total. The lowest BCUT2D eigenvalue weighted by molar-refractivity contribution is -0.128. The molecule has 0 spiro atoms. The van der Waals surface area contributed by atoms with E-state index in [9.17, 15) is 9.59 Å². The molecule has 0 unspecified atom stereocenters. The topological polar surface area (TPSA) is 75.9 Å². The van der Waals surface area contributed by atoms with Crippen LogP contribution in [-0.2, 0) is 11.4 Å². The molecule has 2 N–H and O–H groups in total. The van der Waals surface area contributed by atoms with Gasteiger partial charge in [0.05, 0.1) is 6.42 Å². The normalized spacial score (nSPS) is 14.2. The Bertz CT molecular complexity index is 739. The molecular formula is C20H22N3O3. The molecule has 1 fully saturated rings. The summed E-state index contributed by atoms with van der Waals surface area (Å²) in [6, 6.07) is 16.9. The van der Waals surface area contributed by atoms with Crippen molar-refractivity contribution < 1.29 is 14.3 Å². The summed E-state index contributed by atoms with van der Waals surface area (Å²) in [7, 11) is 0. The number of amides is 3. The van der Waals surface area contributed by atoms with Crippen LogP contribution in [0.5, 0.6) is 5.75 Å². The molecule has 2 aromatic carbocycles. The van der Waals surface area contributed by atoms with Crippen LogP contribution in [0.15, 0.2) is 54.6 Å². The zero-order chi connectivity index (χ0) is 18.4. The van der Waals surface area contributed by atoms with Gasteiger partial charge >= 0.3 is 6.03 Å². The molecule has 1 radical (unpaired) electrons. The summed E-state index contributed by atoms with van der Waals surface area (Å²) in [4.78, 5) is 26.7. The number of piperazine rings is 1. The first-order chi connectivity index (χ1) is 12.6. The molecule has 6 heteroatoms. The number of nitrogens with zero attached hydrogens (tertiary/aromatic N) is 2. The molecule has 1 heterocycles. The number of primary amides is 1. The van der Waals surface area contributed by atoms with Crippen molar-refractivity contribution in [3.8, 4) is 5.75 Å². The van der Waals surface area contributed by atoms with Gasteiger partial charge in [0.1, 0.15) is 12.4 Å². The third kappa shape index (κ3) is 4.75. The maximum Gasteiger partial charge on any atom is 0.314 e. The predicted molar refractivity (Wildman–Crippen MR) is 98.4 cm³/mol. The standard InChI is InChI=1S/C20H22N3O3/c21-20(25)23-12-10-22(11-13-23)19(24)14-16-6-8-18(9-7-16)26-15-17-4-2-1-3-5-17/h1-9,14H,10-13,15H2,(H2,21,25). The van der Waals surface area contributed by atoms with Crippen LogP contribution in [0, 0.1) is 6.42 Å². The van der Waals surface area contributed by atoms with Gasteiger partial charge in [-0.1, -0.05) is 42.5 Å². The molecule has 0 aliphatic carbocycles. The Hall–Kier alpha value is -3.02. The lowest BCUT2D eigenvalue weighted by atomic mass is 10.1. The van der Waals surface area contributed by atoms with Crippen molar-refractivity contribution in [2.24, 2.45) is 5.73 Å². The second-order valence-corrected chi connectivity index (χ2v) is 6.14. The minimum Gasteiger partial charge on any atom is -0.489 e. The van der Waals surface area contributed by atoms with Crippen LogP contribution < -0.4 is 10.5 Å². The van der Waals surface area contributed by atoms with Crippen LogP contribution in [0.2, 0.25) is 0 Å². The van der Waals surface area contributed by atoms with Crippen LogP contribution in [0.4, 0.5) is 4.79 Å². The van der Waals surface area contributed by atoms with Crippen molar-refractivity contribution in [3.63, 3.8) is 0 Å². The average Bonchev–Trinajstić information content (AvgIpc) is 2.68. The van der Waals surface area contributed by atoms with Gasteiger partial charge in [-0.2, -0.15) is 0 Å². The van der Waals surface area contributed by atoms with Crippen molar-refractivity contribution in [2.75, 3.05) is 26.2 Å². The van der Waals surface area contributed by atoms with E-state index in [1.165, 1.54) is 0 Å². The first-order valence-corrected chi connectivity index (χ1v) is 8.56. The molecule has 2 aromatic rings. The Kier molecular flexibility index (Phi) is 5.73. The summed E-state index contributed by atoms with van der Waals surface area (Å²) in [6.07, 6.45) is 1.60. The summed E-state index contributed by atoms with van der Waals surface area (Å²) in [5, 5.41) is 0. The van der Waals surface area contributed by atoms with Gasteiger partial charge in [-0.3, -0.25) is 4.79 Å². The molecule has 135 valence electrons. The second kappa shape index (κ2) is 8.38. The van der Waals surface area contributed by atoms with E-state index in [0.29, 0.717) is 32.8 Å². The van der Waals surface area contributed by atoms with Gasteiger partial charge in [0.2, 0.25) is 5.91 Å². The molecule has 1 saturated heterocycles. The highest BCUT2D eigenvalue weighted by molar-refractivity contribution is 5.88. The van der Waals surface area contributed by atoms with Gasteiger partial charge in [-0.25, -0.2) is 4.79 Å². The van der Waals surface area contributed by atoms with Crippen LogP contribution >= 0.6 is 0 Å². The van der Waals surface area contributed by atoms with Crippen molar-refractivity contribution in [2.45, 2.75) is 6.61 Å². The lowest BCUT2D eigenvalue weighted by Gasteiger charge is -2.33.